The van der Waals surface area contributed by atoms with Gasteiger partial charge in [-0.25, -0.2) is 0 Å². The zero-order chi connectivity index (χ0) is 10.6. The van der Waals surface area contributed by atoms with E-state index < -0.39 is 0 Å². The van der Waals surface area contributed by atoms with Gasteiger partial charge in [-0.05, 0) is 18.3 Å². The van der Waals surface area contributed by atoms with Crippen molar-refractivity contribution in [3.05, 3.63) is 0 Å². The smallest absolute Gasteiger partial charge is 0.0955 e. The summed E-state index contributed by atoms with van der Waals surface area (Å²) in [6, 6.07) is 0. The van der Waals surface area contributed by atoms with Crippen LogP contribution in [0.2, 0.25) is 0 Å². The maximum absolute atomic E-state index is 5.74. The SMILES string of the molecule is CC(C)(C)CCCOC1COCC1Br. The third-order valence-corrected chi connectivity index (χ3v) is 3.22. The molecule has 14 heavy (non-hydrogen) atoms. The minimum atomic E-state index is 0.259. The Bertz CT molecular complexity index is 165. The van der Waals surface area contributed by atoms with E-state index in [0.29, 0.717) is 10.2 Å². The van der Waals surface area contributed by atoms with Crippen LogP contribution in [-0.2, 0) is 9.47 Å². The minimum Gasteiger partial charge on any atom is -0.377 e. The number of ether oxygens (including phenoxy) is 2. The van der Waals surface area contributed by atoms with E-state index in [1.54, 1.807) is 0 Å². The Morgan fingerprint density at radius 2 is 2.07 bits per heavy atom. The maximum atomic E-state index is 5.74. The van der Waals surface area contributed by atoms with Crippen LogP contribution in [-0.4, -0.2) is 30.8 Å². The van der Waals surface area contributed by atoms with Crippen molar-refractivity contribution in [1.29, 1.82) is 0 Å². The highest BCUT2D eigenvalue weighted by Gasteiger charge is 2.26. The van der Waals surface area contributed by atoms with Gasteiger partial charge in [-0.2, -0.15) is 0 Å². The van der Waals surface area contributed by atoms with Crippen LogP contribution in [0.1, 0.15) is 33.6 Å². The minimum absolute atomic E-state index is 0.259. The van der Waals surface area contributed by atoms with Crippen molar-refractivity contribution in [2.45, 2.75) is 44.5 Å². The fourth-order valence-electron chi connectivity index (χ4n) is 1.50. The summed E-state index contributed by atoms with van der Waals surface area (Å²) in [5, 5.41) is 0. The van der Waals surface area contributed by atoms with E-state index in [2.05, 4.69) is 36.7 Å². The van der Waals surface area contributed by atoms with Gasteiger partial charge in [0.25, 0.3) is 0 Å². The van der Waals surface area contributed by atoms with E-state index in [0.717, 1.165) is 26.2 Å². The Morgan fingerprint density at radius 1 is 1.36 bits per heavy atom. The van der Waals surface area contributed by atoms with Crippen molar-refractivity contribution in [2.24, 2.45) is 5.41 Å². The number of hydrogen-bond donors (Lipinski definition) is 0. The molecule has 1 heterocycles. The zero-order valence-corrected chi connectivity index (χ0v) is 11.0. The predicted octanol–water partition coefficient (Wildman–Crippen LogP) is 2.99. The van der Waals surface area contributed by atoms with Gasteiger partial charge in [-0.1, -0.05) is 36.7 Å². The van der Waals surface area contributed by atoms with Crippen LogP contribution >= 0.6 is 15.9 Å². The van der Waals surface area contributed by atoms with Gasteiger partial charge < -0.3 is 9.47 Å². The second kappa shape index (κ2) is 5.47. The topological polar surface area (TPSA) is 18.5 Å². The molecule has 0 radical (unpaired) electrons. The monoisotopic (exact) mass is 264 g/mol. The van der Waals surface area contributed by atoms with Crippen LogP contribution in [0.4, 0.5) is 0 Å². The molecule has 2 nitrogen and oxygen atoms in total. The number of rotatable bonds is 4. The molecule has 1 rings (SSSR count). The van der Waals surface area contributed by atoms with Gasteiger partial charge in [0.2, 0.25) is 0 Å². The fraction of sp³-hybridized carbons (Fsp3) is 1.00. The quantitative estimate of drug-likeness (QED) is 0.574. The number of alkyl halides is 1. The highest BCUT2D eigenvalue weighted by molar-refractivity contribution is 9.09. The van der Waals surface area contributed by atoms with Crippen LogP contribution in [0.5, 0.6) is 0 Å². The second-order valence-electron chi connectivity index (χ2n) is 5.13. The Balaban J connectivity index is 2.04. The predicted molar refractivity (Wildman–Crippen MR) is 62.0 cm³/mol. The average Bonchev–Trinajstić information content (AvgIpc) is 2.44. The van der Waals surface area contributed by atoms with Crippen molar-refractivity contribution in [2.75, 3.05) is 19.8 Å². The molecule has 0 aromatic carbocycles. The molecule has 84 valence electrons. The first-order valence-electron chi connectivity index (χ1n) is 5.32. The highest BCUT2D eigenvalue weighted by Crippen LogP contribution is 2.22. The Hall–Kier alpha value is 0.400. The van der Waals surface area contributed by atoms with Gasteiger partial charge in [0.1, 0.15) is 0 Å². The molecule has 2 atom stereocenters. The lowest BCUT2D eigenvalue weighted by molar-refractivity contribution is 0.0396. The molecule has 0 aromatic heterocycles. The average molecular weight is 265 g/mol. The molecule has 1 aliphatic heterocycles. The molecule has 0 aromatic rings. The summed E-state index contributed by atoms with van der Waals surface area (Å²) >= 11 is 3.55. The molecule has 3 heteroatoms. The highest BCUT2D eigenvalue weighted by atomic mass is 79.9. The van der Waals surface area contributed by atoms with Crippen LogP contribution in [0.3, 0.4) is 0 Å². The molecule has 2 unspecified atom stereocenters. The second-order valence-corrected chi connectivity index (χ2v) is 6.30. The van der Waals surface area contributed by atoms with Crippen molar-refractivity contribution in [3.8, 4) is 0 Å². The van der Waals surface area contributed by atoms with Crippen LogP contribution in [0, 0.1) is 5.41 Å². The zero-order valence-electron chi connectivity index (χ0n) is 9.38. The van der Waals surface area contributed by atoms with Crippen molar-refractivity contribution in [1.82, 2.24) is 0 Å². The first-order valence-corrected chi connectivity index (χ1v) is 6.24. The largest absolute Gasteiger partial charge is 0.377 e. The molecular formula is C11H21BrO2. The van der Waals surface area contributed by atoms with E-state index in [-0.39, 0.29) is 6.10 Å². The lowest BCUT2D eigenvalue weighted by Crippen LogP contribution is -2.23. The van der Waals surface area contributed by atoms with Crippen LogP contribution in [0.25, 0.3) is 0 Å². The Labute approximate surface area is 95.5 Å². The molecule has 0 aliphatic carbocycles. The van der Waals surface area contributed by atoms with E-state index >= 15 is 0 Å². The normalized spacial score (nSPS) is 28.3. The fourth-order valence-corrected chi connectivity index (χ4v) is 1.99. The Kier molecular flexibility index (Phi) is 4.88. The van der Waals surface area contributed by atoms with Gasteiger partial charge in [-0.3, -0.25) is 0 Å². The summed E-state index contributed by atoms with van der Waals surface area (Å²) < 4.78 is 11.0. The summed E-state index contributed by atoms with van der Waals surface area (Å²) in [7, 11) is 0. The van der Waals surface area contributed by atoms with Gasteiger partial charge >= 0.3 is 0 Å². The molecule has 1 saturated heterocycles. The lowest BCUT2D eigenvalue weighted by atomic mass is 9.91. The first kappa shape index (κ1) is 12.5. The van der Waals surface area contributed by atoms with E-state index in [4.69, 9.17) is 9.47 Å². The molecule has 0 N–H and O–H groups in total. The van der Waals surface area contributed by atoms with Crippen LogP contribution in [0.15, 0.2) is 0 Å². The van der Waals surface area contributed by atoms with Gasteiger partial charge in [0.15, 0.2) is 0 Å². The van der Waals surface area contributed by atoms with E-state index in [9.17, 15) is 0 Å². The summed E-state index contributed by atoms with van der Waals surface area (Å²) in [6.45, 7) is 9.17. The molecule has 0 spiro atoms. The summed E-state index contributed by atoms with van der Waals surface area (Å²) in [6.07, 6.45) is 2.61. The molecule has 0 amide bonds. The van der Waals surface area contributed by atoms with E-state index in [1.165, 1.54) is 6.42 Å². The van der Waals surface area contributed by atoms with Gasteiger partial charge in [0, 0.05) is 6.61 Å². The summed E-state index contributed by atoms with van der Waals surface area (Å²) in [5.74, 6) is 0. The maximum Gasteiger partial charge on any atom is 0.0955 e. The molecule has 0 saturated carbocycles. The van der Waals surface area contributed by atoms with Crippen molar-refractivity contribution in [3.63, 3.8) is 0 Å². The molecule has 1 fully saturated rings. The molecular weight excluding hydrogens is 244 g/mol. The summed E-state index contributed by atoms with van der Waals surface area (Å²) in [4.78, 5) is 0.386. The number of hydrogen-bond acceptors (Lipinski definition) is 2. The van der Waals surface area contributed by atoms with Gasteiger partial charge in [-0.15, -0.1) is 0 Å². The van der Waals surface area contributed by atoms with Crippen molar-refractivity contribution >= 4 is 15.9 Å². The lowest BCUT2D eigenvalue weighted by Gasteiger charge is -2.19. The van der Waals surface area contributed by atoms with Crippen LogP contribution < -0.4 is 0 Å². The third kappa shape index (κ3) is 4.76. The first-order chi connectivity index (χ1) is 6.49. The van der Waals surface area contributed by atoms with Gasteiger partial charge in [0.05, 0.1) is 24.1 Å². The molecule has 0 bridgehead atoms. The van der Waals surface area contributed by atoms with E-state index in [1.807, 2.05) is 0 Å². The molecule has 1 aliphatic rings. The standard InChI is InChI=1S/C11H21BrO2/c1-11(2,3)5-4-6-14-10-8-13-7-9(10)12/h9-10H,4-8H2,1-3H3. The number of halogens is 1. The Morgan fingerprint density at radius 3 is 2.57 bits per heavy atom. The van der Waals surface area contributed by atoms with Crippen molar-refractivity contribution < 1.29 is 9.47 Å². The third-order valence-electron chi connectivity index (χ3n) is 2.37. The summed E-state index contributed by atoms with van der Waals surface area (Å²) in [5.41, 5.74) is 0.420.